The minimum Gasteiger partial charge on any atom is -0.448 e. The first kappa shape index (κ1) is 17.4. The number of carbonyl (C=O) groups excluding carboxylic acids is 1. The molecule has 0 aliphatic rings. The van der Waals surface area contributed by atoms with E-state index in [1.165, 1.54) is 18.2 Å². The van der Waals surface area contributed by atoms with Crippen molar-refractivity contribution < 1.29 is 35.7 Å². The van der Waals surface area contributed by atoms with Gasteiger partial charge in [-0.2, -0.15) is 21.6 Å². The molecule has 0 fully saturated rings. The van der Waals surface area contributed by atoms with Crippen LogP contribution in [0.25, 0.3) is 0 Å². The summed E-state index contributed by atoms with van der Waals surface area (Å²) in [4.78, 5) is 11.0. The van der Waals surface area contributed by atoms with Crippen LogP contribution in [0.5, 0.6) is 0 Å². The van der Waals surface area contributed by atoms with Gasteiger partial charge in [0.05, 0.1) is 0 Å². The highest BCUT2D eigenvalue weighted by atomic mass is 32.2. The molecular formula is C10H11F3O5S. The molecule has 0 aromatic heterocycles. The van der Waals surface area contributed by atoms with Gasteiger partial charge in [0, 0.05) is 6.08 Å². The summed E-state index contributed by atoms with van der Waals surface area (Å²) in [5, 5.41) is 0. The SMILES string of the molecule is C=C/C=C/C=C/C(=O)OC(CS(=O)(=O)O)C(F)(F)F. The van der Waals surface area contributed by atoms with Crippen molar-refractivity contribution in [3.8, 4) is 0 Å². The smallest absolute Gasteiger partial charge is 0.426 e. The molecule has 0 aromatic carbocycles. The molecule has 0 spiro atoms. The van der Waals surface area contributed by atoms with Gasteiger partial charge >= 0.3 is 12.1 Å². The number of allylic oxidation sites excluding steroid dienone is 4. The first-order valence-corrected chi connectivity index (χ1v) is 6.35. The topological polar surface area (TPSA) is 80.7 Å². The van der Waals surface area contributed by atoms with Gasteiger partial charge in [0.2, 0.25) is 6.10 Å². The number of rotatable bonds is 6. The third-order valence-electron chi connectivity index (χ3n) is 1.58. The van der Waals surface area contributed by atoms with Crippen molar-refractivity contribution in [3.05, 3.63) is 37.0 Å². The summed E-state index contributed by atoms with van der Waals surface area (Å²) in [6.07, 6.45) is -2.19. The lowest BCUT2D eigenvalue weighted by atomic mass is 10.4. The van der Waals surface area contributed by atoms with Crippen LogP contribution in [-0.2, 0) is 19.6 Å². The predicted octanol–water partition coefficient (Wildman–Crippen LogP) is 1.65. The lowest BCUT2D eigenvalue weighted by molar-refractivity contribution is -0.212. The van der Waals surface area contributed by atoms with Gasteiger partial charge in [-0.25, -0.2) is 4.79 Å². The molecule has 5 nitrogen and oxygen atoms in total. The van der Waals surface area contributed by atoms with E-state index in [0.717, 1.165) is 6.08 Å². The van der Waals surface area contributed by atoms with Crippen LogP contribution in [0.1, 0.15) is 0 Å². The molecule has 0 saturated carbocycles. The first-order chi connectivity index (χ1) is 8.56. The maximum absolute atomic E-state index is 12.3. The maximum atomic E-state index is 12.3. The number of ether oxygens (including phenoxy) is 1. The quantitative estimate of drug-likeness (QED) is 0.349. The number of hydrogen-bond donors (Lipinski definition) is 1. The van der Waals surface area contributed by atoms with E-state index in [9.17, 15) is 26.4 Å². The van der Waals surface area contributed by atoms with Crippen LogP contribution in [0.2, 0.25) is 0 Å². The molecule has 0 aliphatic heterocycles. The molecule has 0 radical (unpaired) electrons. The molecule has 19 heavy (non-hydrogen) atoms. The highest BCUT2D eigenvalue weighted by Crippen LogP contribution is 2.24. The van der Waals surface area contributed by atoms with Gasteiger partial charge in [0.1, 0.15) is 5.75 Å². The fraction of sp³-hybridized carbons (Fsp3) is 0.300. The van der Waals surface area contributed by atoms with Crippen molar-refractivity contribution >= 4 is 16.1 Å². The molecule has 9 heteroatoms. The Morgan fingerprint density at radius 2 is 1.89 bits per heavy atom. The molecule has 1 atom stereocenters. The number of alkyl halides is 3. The molecule has 0 amide bonds. The van der Waals surface area contributed by atoms with Crippen LogP contribution in [0.4, 0.5) is 13.2 Å². The van der Waals surface area contributed by atoms with Crippen LogP contribution in [-0.4, -0.2) is 37.0 Å². The fourth-order valence-corrected chi connectivity index (χ4v) is 1.48. The van der Waals surface area contributed by atoms with Crippen LogP contribution in [0, 0.1) is 0 Å². The third-order valence-corrected chi connectivity index (χ3v) is 2.30. The summed E-state index contributed by atoms with van der Waals surface area (Å²) in [7, 11) is -4.93. The van der Waals surface area contributed by atoms with Crippen molar-refractivity contribution in [1.82, 2.24) is 0 Å². The first-order valence-electron chi connectivity index (χ1n) is 4.74. The second kappa shape index (κ2) is 7.10. The van der Waals surface area contributed by atoms with Gasteiger partial charge < -0.3 is 4.74 Å². The summed E-state index contributed by atoms with van der Waals surface area (Å²) in [6, 6.07) is 0. The second-order valence-corrected chi connectivity index (χ2v) is 4.69. The zero-order valence-corrected chi connectivity index (χ0v) is 10.3. The van der Waals surface area contributed by atoms with Crippen molar-refractivity contribution in [2.75, 3.05) is 5.75 Å². The highest BCUT2D eigenvalue weighted by molar-refractivity contribution is 7.85. The van der Waals surface area contributed by atoms with Crippen LogP contribution in [0.3, 0.4) is 0 Å². The molecule has 0 bridgehead atoms. The zero-order chi connectivity index (χ0) is 15.1. The lowest BCUT2D eigenvalue weighted by Crippen LogP contribution is -2.39. The van der Waals surface area contributed by atoms with Gasteiger partial charge in [-0.15, -0.1) is 0 Å². The van der Waals surface area contributed by atoms with Gasteiger partial charge in [-0.1, -0.05) is 30.9 Å². The Balaban J connectivity index is 4.75. The zero-order valence-electron chi connectivity index (χ0n) is 9.50. The number of hydrogen-bond acceptors (Lipinski definition) is 4. The Hall–Kier alpha value is -1.61. The van der Waals surface area contributed by atoms with Crippen LogP contribution < -0.4 is 0 Å². The average molecular weight is 300 g/mol. The molecule has 108 valence electrons. The Morgan fingerprint density at radius 1 is 1.32 bits per heavy atom. The molecular weight excluding hydrogens is 289 g/mol. The van der Waals surface area contributed by atoms with Crippen molar-refractivity contribution in [1.29, 1.82) is 0 Å². The number of carbonyl (C=O) groups is 1. The Kier molecular flexibility index (Phi) is 6.49. The van der Waals surface area contributed by atoms with Gasteiger partial charge in [-0.05, 0) is 0 Å². The van der Waals surface area contributed by atoms with Gasteiger partial charge in [0.15, 0.2) is 0 Å². The second-order valence-electron chi connectivity index (χ2n) is 3.20. The van der Waals surface area contributed by atoms with Crippen molar-refractivity contribution in [3.63, 3.8) is 0 Å². The van der Waals surface area contributed by atoms with E-state index in [4.69, 9.17) is 4.55 Å². The predicted molar refractivity (Wildman–Crippen MR) is 60.8 cm³/mol. The molecule has 0 heterocycles. The fourth-order valence-electron chi connectivity index (χ4n) is 0.843. The standard InChI is InChI=1S/C10H11F3O5S/c1-2-3-4-5-6-9(14)18-8(10(11,12)13)7-19(15,16)17/h2-6,8H,1,7H2,(H,15,16,17)/b4-3+,6-5+. The van der Waals surface area contributed by atoms with E-state index in [0.29, 0.717) is 6.08 Å². The van der Waals surface area contributed by atoms with E-state index in [-0.39, 0.29) is 0 Å². The van der Waals surface area contributed by atoms with E-state index >= 15 is 0 Å². The van der Waals surface area contributed by atoms with E-state index in [2.05, 4.69) is 11.3 Å². The van der Waals surface area contributed by atoms with Crippen molar-refractivity contribution in [2.24, 2.45) is 0 Å². The molecule has 0 aliphatic carbocycles. The lowest BCUT2D eigenvalue weighted by Gasteiger charge is -2.18. The van der Waals surface area contributed by atoms with E-state index in [1.54, 1.807) is 0 Å². The Morgan fingerprint density at radius 3 is 2.32 bits per heavy atom. The highest BCUT2D eigenvalue weighted by Gasteiger charge is 2.45. The minimum absolute atomic E-state index is 0.669. The normalized spacial score (nSPS) is 14.7. The van der Waals surface area contributed by atoms with Gasteiger partial charge in [0.25, 0.3) is 10.1 Å². The summed E-state index contributed by atoms with van der Waals surface area (Å²) in [6.45, 7) is 3.32. The molecule has 0 rings (SSSR count). The Labute approximate surface area is 107 Å². The molecule has 0 saturated heterocycles. The summed E-state index contributed by atoms with van der Waals surface area (Å²) < 4.78 is 70.1. The average Bonchev–Trinajstić information content (AvgIpc) is 2.20. The monoisotopic (exact) mass is 300 g/mol. The molecule has 0 aromatic rings. The maximum Gasteiger partial charge on any atom is 0.426 e. The van der Waals surface area contributed by atoms with E-state index in [1.807, 2.05) is 0 Å². The number of esters is 1. The summed E-state index contributed by atoms with van der Waals surface area (Å²) >= 11 is 0. The van der Waals surface area contributed by atoms with Crippen LogP contribution in [0.15, 0.2) is 37.0 Å². The molecule has 1 unspecified atom stereocenters. The summed E-state index contributed by atoms with van der Waals surface area (Å²) in [5.74, 6) is -3.14. The number of halogens is 3. The van der Waals surface area contributed by atoms with E-state index < -0.39 is 34.1 Å². The molecule has 1 N–H and O–H groups in total. The summed E-state index contributed by atoms with van der Waals surface area (Å²) in [5.41, 5.74) is 0. The third kappa shape index (κ3) is 9.03. The van der Waals surface area contributed by atoms with Crippen LogP contribution >= 0.6 is 0 Å². The van der Waals surface area contributed by atoms with Crippen molar-refractivity contribution in [2.45, 2.75) is 12.3 Å². The Bertz CT molecular complexity index is 476. The van der Waals surface area contributed by atoms with Gasteiger partial charge in [-0.3, -0.25) is 4.55 Å². The largest absolute Gasteiger partial charge is 0.448 e. The minimum atomic E-state index is -5.10.